The molecular weight excluding hydrogens is 258 g/mol. The Morgan fingerprint density at radius 3 is 2.79 bits per heavy atom. The van der Waals surface area contributed by atoms with E-state index in [-0.39, 0.29) is 11.0 Å². The third kappa shape index (κ3) is 3.48. The molecule has 1 aromatic heterocycles. The molecule has 1 heterocycles. The molecule has 0 amide bonds. The molecule has 0 bridgehead atoms. The minimum atomic E-state index is 0.225. The summed E-state index contributed by atoms with van der Waals surface area (Å²) in [6, 6.07) is 9.74. The van der Waals surface area contributed by atoms with Crippen molar-refractivity contribution < 1.29 is 4.74 Å². The lowest BCUT2D eigenvalue weighted by Gasteiger charge is -2.08. The molecular formula is C14H15N3OS. The van der Waals surface area contributed by atoms with Crippen molar-refractivity contribution in [2.24, 2.45) is 5.73 Å². The predicted octanol–water partition coefficient (Wildman–Crippen LogP) is 3.03. The lowest BCUT2D eigenvalue weighted by Crippen LogP contribution is -2.12. The standard InChI is InChI=1S/C14H15N3OS/c1-9(2)10-4-3-5-11(8-10)18-14-16-7-6-12(17-14)13(15)19/h3-9H,1-2H3,(H2,15,19). The van der Waals surface area contributed by atoms with Crippen molar-refractivity contribution in [3.63, 3.8) is 0 Å². The quantitative estimate of drug-likeness (QED) is 0.868. The average molecular weight is 273 g/mol. The molecule has 2 aromatic rings. The zero-order chi connectivity index (χ0) is 13.8. The molecule has 1 aromatic carbocycles. The minimum Gasteiger partial charge on any atom is -0.424 e. The molecule has 0 atom stereocenters. The van der Waals surface area contributed by atoms with Gasteiger partial charge in [0.1, 0.15) is 16.4 Å². The normalized spacial score (nSPS) is 10.5. The van der Waals surface area contributed by atoms with Gasteiger partial charge in [-0.3, -0.25) is 0 Å². The number of ether oxygens (including phenoxy) is 1. The van der Waals surface area contributed by atoms with Gasteiger partial charge >= 0.3 is 6.01 Å². The van der Waals surface area contributed by atoms with Crippen molar-refractivity contribution in [3.8, 4) is 11.8 Å². The van der Waals surface area contributed by atoms with Gasteiger partial charge in [0.25, 0.3) is 0 Å². The molecule has 0 fully saturated rings. The number of nitrogens with two attached hydrogens (primary N) is 1. The van der Waals surface area contributed by atoms with Gasteiger partial charge in [-0.25, -0.2) is 4.98 Å². The van der Waals surface area contributed by atoms with Crippen LogP contribution in [0.2, 0.25) is 0 Å². The number of aromatic nitrogens is 2. The van der Waals surface area contributed by atoms with Crippen LogP contribution >= 0.6 is 12.2 Å². The Morgan fingerprint density at radius 2 is 2.11 bits per heavy atom. The fourth-order valence-corrected chi connectivity index (χ4v) is 1.68. The third-order valence-electron chi connectivity index (χ3n) is 2.62. The lowest BCUT2D eigenvalue weighted by atomic mass is 10.0. The summed E-state index contributed by atoms with van der Waals surface area (Å²) in [7, 11) is 0. The van der Waals surface area contributed by atoms with Crippen LogP contribution in [-0.4, -0.2) is 15.0 Å². The number of hydrogen-bond acceptors (Lipinski definition) is 4. The Kier molecular flexibility index (Phi) is 4.06. The van der Waals surface area contributed by atoms with Gasteiger partial charge in [0.15, 0.2) is 0 Å². The van der Waals surface area contributed by atoms with E-state index in [9.17, 15) is 0 Å². The van der Waals surface area contributed by atoms with Gasteiger partial charge in [0.2, 0.25) is 0 Å². The van der Waals surface area contributed by atoms with Crippen LogP contribution in [0.1, 0.15) is 31.0 Å². The highest BCUT2D eigenvalue weighted by atomic mass is 32.1. The molecule has 0 radical (unpaired) electrons. The summed E-state index contributed by atoms with van der Waals surface area (Å²) in [5, 5.41) is 0. The zero-order valence-electron chi connectivity index (χ0n) is 10.8. The molecule has 98 valence electrons. The van der Waals surface area contributed by atoms with E-state index < -0.39 is 0 Å². The van der Waals surface area contributed by atoms with E-state index in [0.717, 1.165) is 0 Å². The Balaban J connectivity index is 2.23. The first kappa shape index (κ1) is 13.4. The van der Waals surface area contributed by atoms with Crippen LogP contribution in [0.25, 0.3) is 0 Å². The van der Waals surface area contributed by atoms with E-state index in [1.807, 2.05) is 18.2 Å². The molecule has 2 N–H and O–H groups in total. The van der Waals surface area contributed by atoms with Crippen LogP contribution in [0.4, 0.5) is 0 Å². The Labute approximate surface area is 117 Å². The molecule has 0 saturated heterocycles. The Morgan fingerprint density at radius 1 is 1.32 bits per heavy atom. The highest BCUT2D eigenvalue weighted by Crippen LogP contribution is 2.23. The summed E-state index contributed by atoms with van der Waals surface area (Å²) in [6.07, 6.45) is 1.57. The van der Waals surface area contributed by atoms with E-state index in [1.165, 1.54) is 5.56 Å². The number of thiocarbonyl (C=S) groups is 1. The molecule has 19 heavy (non-hydrogen) atoms. The second kappa shape index (κ2) is 5.75. The smallest absolute Gasteiger partial charge is 0.322 e. The van der Waals surface area contributed by atoms with Crippen molar-refractivity contribution in [1.29, 1.82) is 0 Å². The third-order valence-corrected chi connectivity index (χ3v) is 2.83. The summed E-state index contributed by atoms with van der Waals surface area (Å²) in [5.41, 5.74) is 7.22. The topological polar surface area (TPSA) is 61.0 Å². The van der Waals surface area contributed by atoms with E-state index >= 15 is 0 Å². The molecule has 0 saturated carbocycles. The van der Waals surface area contributed by atoms with Gasteiger partial charge in [-0.15, -0.1) is 0 Å². The van der Waals surface area contributed by atoms with E-state index in [1.54, 1.807) is 12.3 Å². The van der Waals surface area contributed by atoms with Crippen LogP contribution in [0.5, 0.6) is 11.8 Å². The predicted molar refractivity (Wildman–Crippen MR) is 78.5 cm³/mol. The number of nitrogens with zero attached hydrogens (tertiary/aromatic N) is 2. The van der Waals surface area contributed by atoms with E-state index in [0.29, 0.717) is 17.4 Å². The molecule has 0 aliphatic heterocycles. The van der Waals surface area contributed by atoms with Crippen LogP contribution in [0.15, 0.2) is 36.5 Å². The molecule has 0 aliphatic carbocycles. The van der Waals surface area contributed by atoms with Crippen molar-refractivity contribution >= 4 is 17.2 Å². The summed E-state index contributed by atoms with van der Waals surface area (Å²) >= 11 is 4.87. The van der Waals surface area contributed by atoms with Crippen molar-refractivity contribution in [3.05, 3.63) is 47.8 Å². The van der Waals surface area contributed by atoms with Crippen LogP contribution < -0.4 is 10.5 Å². The number of benzene rings is 1. The van der Waals surface area contributed by atoms with E-state index in [4.69, 9.17) is 22.7 Å². The van der Waals surface area contributed by atoms with Gasteiger partial charge in [-0.05, 0) is 29.7 Å². The zero-order valence-corrected chi connectivity index (χ0v) is 11.6. The Bertz CT molecular complexity index is 599. The highest BCUT2D eigenvalue weighted by molar-refractivity contribution is 7.80. The fraction of sp³-hybridized carbons (Fsp3) is 0.214. The number of hydrogen-bond donors (Lipinski definition) is 1. The average Bonchev–Trinajstić information content (AvgIpc) is 2.39. The SMILES string of the molecule is CC(C)c1cccc(Oc2nccc(C(N)=S)n2)c1. The van der Waals surface area contributed by atoms with Gasteiger partial charge in [-0.2, -0.15) is 4.98 Å². The maximum absolute atomic E-state index is 5.62. The van der Waals surface area contributed by atoms with Crippen LogP contribution in [0.3, 0.4) is 0 Å². The second-order valence-electron chi connectivity index (χ2n) is 4.42. The molecule has 0 spiro atoms. The van der Waals surface area contributed by atoms with Gasteiger partial charge in [0, 0.05) is 6.20 Å². The van der Waals surface area contributed by atoms with Gasteiger partial charge in [0.05, 0.1) is 0 Å². The van der Waals surface area contributed by atoms with E-state index in [2.05, 4.69) is 29.9 Å². The minimum absolute atomic E-state index is 0.225. The van der Waals surface area contributed by atoms with Crippen LogP contribution in [-0.2, 0) is 0 Å². The first-order valence-electron chi connectivity index (χ1n) is 5.97. The van der Waals surface area contributed by atoms with Crippen molar-refractivity contribution in [1.82, 2.24) is 9.97 Å². The van der Waals surface area contributed by atoms with Crippen molar-refractivity contribution in [2.45, 2.75) is 19.8 Å². The van der Waals surface area contributed by atoms with Crippen molar-refractivity contribution in [2.75, 3.05) is 0 Å². The van der Waals surface area contributed by atoms with Gasteiger partial charge < -0.3 is 10.5 Å². The summed E-state index contributed by atoms with van der Waals surface area (Å²) < 4.78 is 5.62. The molecule has 0 unspecified atom stereocenters. The largest absolute Gasteiger partial charge is 0.424 e. The monoisotopic (exact) mass is 273 g/mol. The maximum atomic E-state index is 5.62. The highest BCUT2D eigenvalue weighted by Gasteiger charge is 2.06. The fourth-order valence-electron chi connectivity index (χ4n) is 1.57. The maximum Gasteiger partial charge on any atom is 0.322 e. The second-order valence-corrected chi connectivity index (χ2v) is 4.86. The number of rotatable bonds is 4. The first-order chi connectivity index (χ1) is 9.06. The summed E-state index contributed by atoms with van der Waals surface area (Å²) in [5.74, 6) is 1.14. The summed E-state index contributed by atoms with van der Waals surface area (Å²) in [4.78, 5) is 8.41. The summed E-state index contributed by atoms with van der Waals surface area (Å²) in [6.45, 7) is 4.26. The molecule has 4 nitrogen and oxygen atoms in total. The Hall–Kier alpha value is -2.01. The first-order valence-corrected chi connectivity index (χ1v) is 6.38. The molecule has 2 rings (SSSR count). The molecule has 0 aliphatic rings. The lowest BCUT2D eigenvalue weighted by molar-refractivity contribution is 0.440. The van der Waals surface area contributed by atoms with Crippen LogP contribution in [0, 0.1) is 0 Å². The molecule has 5 heteroatoms. The van der Waals surface area contributed by atoms with Gasteiger partial charge in [-0.1, -0.05) is 38.2 Å².